The number of likely N-dealkylation sites (tertiary alicyclic amines) is 1. The number of hydrogen-bond acceptors (Lipinski definition) is 2. The van der Waals surface area contributed by atoms with Gasteiger partial charge in [-0.2, -0.15) is 0 Å². The van der Waals surface area contributed by atoms with Gasteiger partial charge in [0.05, 0.1) is 0 Å². The van der Waals surface area contributed by atoms with Crippen molar-refractivity contribution >= 4 is 5.91 Å². The Morgan fingerprint density at radius 2 is 1.79 bits per heavy atom. The molecular weight excluding hydrogens is 238 g/mol. The zero-order valence-corrected chi connectivity index (χ0v) is 12.0. The van der Waals surface area contributed by atoms with E-state index >= 15 is 0 Å². The normalized spacial score (nSPS) is 24.9. The summed E-state index contributed by atoms with van der Waals surface area (Å²) in [7, 11) is 0. The Labute approximate surface area is 115 Å². The molecule has 0 aliphatic carbocycles. The summed E-state index contributed by atoms with van der Waals surface area (Å²) < 4.78 is 5.71. The Morgan fingerprint density at radius 1 is 1.21 bits per heavy atom. The first-order valence-electron chi connectivity index (χ1n) is 7.06. The van der Waals surface area contributed by atoms with Gasteiger partial charge in [-0.15, -0.1) is 0 Å². The fourth-order valence-corrected chi connectivity index (χ4v) is 2.85. The van der Waals surface area contributed by atoms with Gasteiger partial charge in [-0.05, 0) is 37.3 Å². The van der Waals surface area contributed by atoms with E-state index in [1.54, 1.807) is 0 Å². The van der Waals surface area contributed by atoms with Crippen molar-refractivity contribution in [3.05, 3.63) is 30.3 Å². The maximum absolute atomic E-state index is 12.4. The van der Waals surface area contributed by atoms with Crippen molar-refractivity contribution < 1.29 is 9.53 Å². The number of nitrogens with zero attached hydrogens (tertiary/aromatic N) is 1. The molecule has 0 spiro atoms. The second kappa shape index (κ2) is 6.09. The van der Waals surface area contributed by atoms with E-state index in [1.165, 1.54) is 6.42 Å². The van der Waals surface area contributed by atoms with Gasteiger partial charge in [-0.3, -0.25) is 4.79 Å². The monoisotopic (exact) mass is 261 g/mol. The van der Waals surface area contributed by atoms with E-state index in [4.69, 9.17) is 4.74 Å². The van der Waals surface area contributed by atoms with E-state index in [-0.39, 0.29) is 5.91 Å². The minimum atomic E-state index is -0.417. The number of para-hydroxylation sites is 1. The molecule has 1 aliphatic heterocycles. The molecular formula is C16H23NO2. The molecule has 3 heteroatoms. The van der Waals surface area contributed by atoms with Crippen LogP contribution >= 0.6 is 0 Å². The van der Waals surface area contributed by atoms with E-state index in [2.05, 4.69) is 13.8 Å². The number of ether oxygens (including phenoxy) is 1. The second-order valence-electron chi connectivity index (χ2n) is 5.76. The molecule has 0 radical (unpaired) electrons. The van der Waals surface area contributed by atoms with Crippen LogP contribution in [-0.4, -0.2) is 30.0 Å². The molecule has 104 valence electrons. The summed E-state index contributed by atoms with van der Waals surface area (Å²) in [6.07, 6.45) is 0.789. The number of benzene rings is 1. The maximum Gasteiger partial charge on any atom is 0.263 e. The largest absolute Gasteiger partial charge is 0.481 e. The van der Waals surface area contributed by atoms with Crippen molar-refractivity contribution in [2.75, 3.05) is 13.1 Å². The maximum atomic E-state index is 12.4. The van der Waals surface area contributed by atoms with Crippen LogP contribution in [0.1, 0.15) is 27.2 Å². The zero-order chi connectivity index (χ0) is 13.8. The van der Waals surface area contributed by atoms with Crippen molar-refractivity contribution in [3.63, 3.8) is 0 Å². The fraction of sp³-hybridized carbons (Fsp3) is 0.562. The predicted octanol–water partition coefficient (Wildman–Crippen LogP) is 2.96. The molecule has 3 unspecified atom stereocenters. The summed E-state index contributed by atoms with van der Waals surface area (Å²) in [5.41, 5.74) is 0. The highest BCUT2D eigenvalue weighted by molar-refractivity contribution is 5.81. The third-order valence-electron chi connectivity index (χ3n) is 3.58. The summed E-state index contributed by atoms with van der Waals surface area (Å²) in [6, 6.07) is 9.53. The van der Waals surface area contributed by atoms with E-state index in [0.29, 0.717) is 11.8 Å². The minimum Gasteiger partial charge on any atom is -0.481 e. The van der Waals surface area contributed by atoms with Crippen LogP contribution in [0.15, 0.2) is 30.3 Å². The van der Waals surface area contributed by atoms with Crippen LogP contribution in [0.3, 0.4) is 0 Å². The van der Waals surface area contributed by atoms with E-state index in [1.807, 2.05) is 42.2 Å². The Hall–Kier alpha value is -1.51. The average Bonchev–Trinajstić information content (AvgIpc) is 2.37. The topological polar surface area (TPSA) is 29.5 Å². The van der Waals surface area contributed by atoms with Gasteiger partial charge in [0, 0.05) is 13.1 Å². The summed E-state index contributed by atoms with van der Waals surface area (Å²) in [4.78, 5) is 14.3. The third kappa shape index (κ3) is 3.72. The smallest absolute Gasteiger partial charge is 0.263 e. The van der Waals surface area contributed by atoms with Crippen LogP contribution in [0.5, 0.6) is 5.75 Å². The second-order valence-corrected chi connectivity index (χ2v) is 5.76. The number of carbonyl (C=O) groups excluding carboxylic acids is 1. The van der Waals surface area contributed by atoms with Crippen LogP contribution in [0.2, 0.25) is 0 Å². The fourth-order valence-electron chi connectivity index (χ4n) is 2.85. The molecule has 0 aromatic heterocycles. The van der Waals surface area contributed by atoms with Gasteiger partial charge in [-0.1, -0.05) is 32.0 Å². The van der Waals surface area contributed by atoms with Crippen LogP contribution in [0.25, 0.3) is 0 Å². The highest BCUT2D eigenvalue weighted by atomic mass is 16.5. The first-order chi connectivity index (χ1) is 9.06. The molecule has 1 aromatic carbocycles. The number of hydrogen-bond donors (Lipinski definition) is 0. The minimum absolute atomic E-state index is 0.0993. The molecule has 1 fully saturated rings. The lowest BCUT2D eigenvalue weighted by Gasteiger charge is -2.36. The van der Waals surface area contributed by atoms with Crippen LogP contribution in [-0.2, 0) is 4.79 Å². The Morgan fingerprint density at radius 3 is 2.37 bits per heavy atom. The van der Waals surface area contributed by atoms with Gasteiger partial charge in [0.25, 0.3) is 5.91 Å². The highest BCUT2D eigenvalue weighted by Crippen LogP contribution is 2.22. The molecule has 0 bridgehead atoms. The molecule has 1 amide bonds. The summed E-state index contributed by atoms with van der Waals surface area (Å²) >= 11 is 0. The highest BCUT2D eigenvalue weighted by Gasteiger charge is 2.28. The lowest BCUT2D eigenvalue weighted by Crippen LogP contribution is -2.47. The van der Waals surface area contributed by atoms with Gasteiger partial charge in [0.15, 0.2) is 6.10 Å². The number of carbonyl (C=O) groups is 1. The Kier molecular flexibility index (Phi) is 4.46. The van der Waals surface area contributed by atoms with Gasteiger partial charge in [0.1, 0.15) is 5.75 Å². The first-order valence-corrected chi connectivity index (χ1v) is 7.06. The number of amides is 1. The lowest BCUT2D eigenvalue weighted by atomic mass is 9.91. The standard InChI is InChI=1S/C16H23NO2/c1-12-9-13(2)11-17(10-12)16(18)14(3)19-15-7-5-4-6-8-15/h4-8,12-14H,9-11H2,1-3H3. The van der Waals surface area contributed by atoms with Gasteiger partial charge >= 0.3 is 0 Å². The van der Waals surface area contributed by atoms with E-state index in [9.17, 15) is 4.79 Å². The van der Waals surface area contributed by atoms with Crippen LogP contribution < -0.4 is 4.74 Å². The molecule has 0 saturated carbocycles. The van der Waals surface area contributed by atoms with E-state index < -0.39 is 6.10 Å². The van der Waals surface area contributed by atoms with Crippen molar-refractivity contribution in [3.8, 4) is 5.75 Å². The predicted molar refractivity (Wildman–Crippen MR) is 76.1 cm³/mol. The van der Waals surface area contributed by atoms with Crippen molar-refractivity contribution in [1.29, 1.82) is 0 Å². The van der Waals surface area contributed by atoms with Crippen molar-refractivity contribution in [2.45, 2.75) is 33.3 Å². The van der Waals surface area contributed by atoms with Gasteiger partial charge in [-0.25, -0.2) is 0 Å². The molecule has 1 aliphatic rings. The molecule has 1 saturated heterocycles. The molecule has 3 nitrogen and oxygen atoms in total. The lowest BCUT2D eigenvalue weighted by molar-refractivity contribution is -0.140. The Balaban J connectivity index is 1.95. The Bertz CT molecular complexity index is 408. The average molecular weight is 261 g/mol. The molecule has 0 N–H and O–H groups in total. The molecule has 2 rings (SSSR count). The van der Waals surface area contributed by atoms with Gasteiger partial charge < -0.3 is 9.64 Å². The summed E-state index contributed by atoms with van der Waals surface area (Å²) in [6.45, 7) is 7.95. The molecule has 19 heavy (non-hydrogen) atoms. The van der Waals surface area contributed by atoms with E-state index in [0.717, 1.165) is 18.8 Å². The summed E-state index contributed by atoms with van der Waals surface area (Å²) in [5.74, 6) is 2.01. The number of rotatable bonds is 3. The molecule has 1 heterocycles. The number of piperidine rings is 1. The van der Waals surface area contributed by atoms with Crippen LogP contribution in [0, 0.1) is 11.8 Å². The molecule has 3 atom stereocenters. The zero-order valence-electron chi connectivity index (χ0n) is 12.0. The summed E-state index contributed by atoms with van der Waals surface area (Å²) in [5, 5.41) is 0. The van der Waals surface area contributed by atoms with Gasteiger partial charge in [0.2, 0.25) is 0 Å². The SMILES string of the molecule is CC1CC(C)CN(C(=O)C(C)Oc2ccccc2)C1. The molecule has 1 aromatic rings. The third-order valence-corrected chi connectivity index (χ3v) is 3.58. The van der Waals surface area contributed by atoms with Crippen LogP contribution in [0.4, 0.5) is 0 Å². The van der Waals surface area contributed by atoms with Crippen molar-refractivity contribution in [1.82, 2.24) is 4.90 Å². The quantitative estimate of drug-likeness (QED) is 0.837. The van der Waals surface area contributed by atoms with Crippen molar-refractivity contribution in [2.24, 2.45) is 11.8 Å². The first kappa shape index (κ1) is 13.9.